The van der Waals surface area contributed by atoms with Crippen molar-refractivity contribution >= 4 is 11.7 Å². The second-order valence-corrected chi connectivity index (χ2v) is 6.04. The van der Waals surface area contributed by atoms with E-state index in [4.69, 9.17) is 4.74 Å². The lowest BCUT2D eigenvalue weighted by Gasteiger charge is -2.35. The third kappa shape index (κ3) is 3.92. The molecule has 0 spiro atoms. The number of nitrogens with zero attached hydrogens (tertiary/aromatic N) is 5. The summed E-state index contributed by atoms with van der Waals surface area (Å²) >= 11 is 0. The highest BCUT2D eigenvalue weighted by atomic mass is 16.5. The van der Waals surface area contributed by atoms with Crippen molar-refractivity contribution in [1.29, 1.82) is 0 Å². The minimum atomic E-state index is -0.222. The zero-order chi connectivity index (χ0) is 16.3. The largest absolute Gasteiger partial charge is 0.377 e. The smallest absolute Gasteiger partial charge is 0.237 e. The van der Waals surface area contributed by atoms with Crippen LogP contribution in [0.4, 0.5) is 5.82 Å². The summed E-state index contributed by atoms with van der Waals surface area (Å²) in [7, 11) is 7.66. The number of hydrogen-bond acceptors (Lipinski definition) is 6. The quantitative estimate of drug-likeness (QED) is 0.798. The van der Waals surface area contributed by atoms with E-state index in [9.17, 15) is 4.79 Å². The maximum absolute atomic E-state index is 12.5. The van der Waals surface area contributed by atoms with Gasteiger partial charge in [-0.25, -0.2) is 9.97 Å². The monoisotopic (exact) mass is 307 g/mol. The standard InChI is InChI=1S/C15H25N5O2/c1-11-8-13(19(4)5)17-15(16-11)12-10-22-7-6-20(12)14(21)9-18(2)3/h8,12H,6-7,9-10H2,1-5H3/t12-/m0/s1. The van der Waals surface area contributed by atoms with Crippen LogP contribution in [0.1, 0.15) is 17.6 Å². The molecule has 0 aromatic carbocycles. The number of carbonyl (C=O) groups excluding carboxylic acids is 1. The van der Waals surface area contributed by atoms with E-state index in [2.05, 4.69) is 9.97 Å². The highest BCUT2D eigenvalue weighted by Gasteiger charge is 2.31. The van der Waals surface area contributed by atoms with Crippen LogP contribution in [0.3, 0.4) is 0 Å². The van der Waals surface area contributed by atoms with Gasteiger partial charge in [-0.3, -0.25) is 4.79 Å². The van der Waals surface area contributed by atoms with E-state index in [1.54, 1.807) is 0 Å². The van der Waals surface area contributed by atoms with Gasteiger partial charge in [-0.2, -0.15) is 0 Å². The van der Waals surface area contributed by atoms with Crippen molar-refractivity contribution in [3.63, 3.8) is 0 Å². The van der Waals surface area contributed by atoms with Gasteiger partial charge in [0.2, 0.25) is 5.91 Å². The number of amides is 1. The van der Waals surface area contributed by atoms with Crippen LogP contribution in [0.25, 0.3) is 0 Å². The van der Waals surface area contributed by atoms with Crippen molar-refractivity contribution < 1.29 is 9.53 Å². The normalized spacial score (nSPS) is 18.6. The van der Waals surface area contributed by atoms with E-state index in [1.807, 2.05) is 55.9 Å². The highest BCUT2D eigenvalue weighted by Crippen LogP contribution is 2.23. The maximum atomic E-state index is 12.5. The Hall–Kier alpha value is -1.73. The fraction of sp³-hybridized carbons (Fsp3) is 0.667. The van der Waals surface area contributed by atoms with Crippen LogP contribution in [0, 0.1) is 6.92 Å². The van der Waals surface area contributed by atoms with Crippen LogP contribution >= 0.6 is 0 Å². The number of ether oxygens (including phenoxy) is 1. The molecule has 1 aliphatic heterocycles. The first-order valence-electron chi connectivity index (χ1n) is 7.43. The van der Waals surface area contributed by atoms with Crippen molar-refractivity contribution in [3.8, 4) is 0 Å². The summed E-state index contributed by atoms with van der Waals surface area (Å²) < 4.78 is 5.56. The molecule has 0 radical (unpaired) electrons. The number of anilines is 1. The first kappa shape index (κ1) is 16.6. The van der Waals surface area contributed by atoms with E-state index < -0.39 is 0 Å². The van der Waals surface area contributed by atoms with Gasteiger partial charge in [-0.15, -0.1) is 0 Å². The zero-order valence-electron chi connectivity index (χ0n) is 14.0. The molecule has 1 fully saturated rings. The van der Waals surface area contributed by atoms with Crippen molar-refractivity contribution in [2.45, 2.75) is 13.0 Å². The summed E-state index contributed by atoms with van der Waals surface area (Å²) in [5.74, 6) is 1.57. The lowest BCUT2D eigenvalue weighted by molar-refractivity contribution is -0.141. The number of morpholine rings is 1. The van der Waals surface area contributed by atoms with Crippen LogP contribution in [0.5, 0.6) is 0 Å². The molecule has 0 aliphatic carbocycles. The predicted molar refractivity (Wildman–Crippen MR) is 84.9 cm³/mol. The summed E-state index contributed by atoms with van der Waals surface area (Å²) in [5, 5.41) is 0. The van der Waals surface area contributed by atoms with E-state index >= 15 is 0 Å². The number of hydrogen-bond donors (Lipinski definition) is 0. The Morgan fingerprint density at radius 1 is 1.36 bits per heavy atom. The van der Waals surface area contributed by atoms with Gasteiger partial charge in [0.05, 0.1) is 19.8 Å². The van der Waals surface area contributed by atoms with E-state index in [0.717, 1.165) is 11.5 Å². The number of likely N-dealkylation sites (N-methyl/N-ethyl adjacent to an activating group) is 1. The molecule has 1 atom stereocenters. The SMILES string of the molecule is Cc1cc(N(C)C)nc([C@@H]2COCCN2C(=O)CN(C)C)n1. The zero-order valence-corrected chi connectivity index (χ0v) is 14.0. The van der Waals surface area contributed by atoms with Crippen LogP contribution in [-0.4, -0.2) is 80.2 Å². The maximum Gasteiger partial charge on any atom is 0.237 e. The first-order chi connectivity index (χ1) is 10.4. The number of aromatic nitrogens is 2. The molecule has 22 heavy (non-hydrogen) atoms. The molecule has 1 amide bonds. The van der Waals surface area contributed by atoms with Crippen LogP contribution < -0.4 is 4.90 Å². The van der Waals surface area contributed by atoms with Crippen molar-refractivity contribution in [2.24, 2.45) is 0 Å². The van der Waals surface area contributed by atoms with Crippen molar-refractivity contribution in [2.75, 3.05) is 59.4 Å². The van der Waals surface area contributed by atoms with Gasteiger partial charge in [0.25, 0.3) is 0 Å². The molecule has 2 rings (SSSR count). The number of carbonyl (C=O) groups is 1. The molecule has 7 heteroatoms. The summed E-state index contributed by atoms with van der Waals surface area (Å²) in [6.45, 7) is 3.89. The Morgan fingerprint density at radius 3 is 2.73 bits per heavy atom. The Kier molecular flexibility index (Phi) is 5.31. The minimum Gasteiger partial charge on any atom is -0.377 e. The van der Waals surface area contributed by atoms with E-state index in [0.29, 0.717) is 32.1 Å². The molecule has 2 heterocycles. The molecular formula is C15H25N5O2. The lowest BCUT2D eigenvalue weighted by Crippen LogP contribution is -2.47. The highest BCUT2D eigenvalue weighted by molar-refractivity contribution is 5.78. The third-order valence-electron chi connectivity index (χ3n) is 3.51. The van der Waals surface area contributed by atoms with Crippen LogP contribution in [-0.2, 0) is 9.53 Å². The third-order valence-corrected chi connectivity index (χ3v) is 3.51. The van der Waals surface area contributed by atoms with Crippen molar-refractivity contribution in [1.82, 2.24) is 19.8 Å². The van der Waals surface area contributed by atoms with E-state index in [1.165, 1.54) is 0 Å². The second kappa shape index (κ2) is 7.02. The first-order valence-corrected chi connectivity index (χ1v) is 7.43. The molecule has 1 aromatic rings. The number of rotatable bonds is 4. The van der Waals surface area contributed by atoms with Gasteiger partial charge >= 0.3 is 0 Å². The molecule has 0 bridgehead atoms. The van der Waals surface area contributed by atoms with Crippen LogP contribution in [0.15, 0.2) is 6.07 Å². The van der Waals surface area contributed by atoms with Crippen molar-refractivity contribution in [3.05, 3.63) is 17.6 Å². The molecular weight excluding hydrogens is 282 g/mol. The van der Waals surface area contributed by atoms with Gasteiger partial charge in [0.15, 0.2) is 5.82 Å². The van der Waals surface area contributed by atoms with E-state index in [-0.39, 0.29) is 11.9 Å². The van der Waals surface area contributed by atoms with Gasteiger partial charge < -0.3 is 19.4 Å². The molecule has 1 saturated heterocycles. The Bertz CT molecular complexity index is 533. The Morgan fingerprint density at radius 2 is 2.09 bits per heavy atom. The van der Waals surface area contributed by atoms with Gasteiger partial charge in [0.1, 0.15) is 11.9 Å². The fourth-order valence-corrected chi connectivity index (χ4v) is 2.43. The topological polar surface area (TPSA) is 61.8 Å². The number of aryl methyl sites for hydroxylation is 1. The molecule has 1 aromatic heterocycles. The summed E-state index contributed by atoms with van der Waals surface area (Å²) in [6, 6.07) is 1.71. The second-order valence-electron chi connectivity index (χ2n) is 6.04. The molecule has 122 valence electrons. The summed E-state index contributed by atoms with van der Waals surface area (Å²) in [5.41, 5.74) is 0.888. The van der Waals surface area contributed by atoms with Gasteiger partial charge in [-0.1, -0.05) is 0 Å². The minimum absolute atomic E-state index is 0.0785. The fourth-order valence-electron chi connectivity index (χ4n) is 2.43. The predicted octanol–water partition coefficient (Wildman–Crippen LogP) is 0.313. The Balaban J connectivity index is 2.29. The van der Waals surface area contributed by atoms with Crippen LogP contribution in [0.2, 0.25) is 0 Å². The molecule has 0 N–H and O–H groups in total. The molecule has 0 saturated carbocycles. The van der Waals surface area contributed by atoms with Gasteiger partial charge in [0, 0.05) is 32.4 Å². The lowest BCUT2D eigenvalue weighted by atomic mass is 10.2. The average molecular weight is 307 g/mol. The molecule has 1 aliphatic rings. The Labute approximate surface area is 131 Å². The van der Waals surface area contributed by atoms with Gasteiger partial charge in [-0.05, 0) is 21.0 Å². The molecule has 7 nitrogen and oxygen atoms in total. The average Bonchev–Trinajstić information content (AvgIpc) is 2.45. The summed E-state index contributed by atoms with van der Waals surface area (Å²) in [6.07, 6.45) is 0. The summed E-state index contributed by atoms with van der Waals surface area (Å²) in [4.78, 5) is 27.2. The molecule has 0 unspecified atom stereocenters.